The SMILES string of the molecule is [Cu+].[NH-]/C=C\C=O. The standard InChI is InChI=1S/C3H5NO.Cu/c4-2-1-3-5;/h1-3H,(H2,4,5);/q;+1/p-1. The number of carbonyl (C=O) groups is 1. The number of rotatable bonds is 1. The van der Waals surface area contributed by atoms with Gasteiger partial charge in [0.1, 0.15) is 6.29 Å². The Kier molecular flexibility index (Phi) is 13.6. The number of hydrogen-bond acceptors (Lipinski definition) is 1. The summed E-state index contributed by atoms with van der Waals surface area (Å²) in [6.07, 6.45) is 2.61. The molecule has 3 heteroatoms. The molecule has 0 atom stereocenters. The van der Waals surface area contributed by atoms with E-state index in [0.29, 0.717) is 6.29 Å². The Bertz CT molecular complexity index is 52.8. The van der Waals surface area contributed by atoms with Crippen LogP contribution in [0.15, 0.2) is 12.3 Å². The van der Waals surface area contributed by atoms with Crippen molar-refractivity contribution in [2.24, 2.45) is 0 Å². The van der Waals surface area contributed by atoms with E-state index in [1.807, 2.05) is 0 Å². The number of aldehydes is 1. The van der Waals surface area contributed by atoms with Crippen LogP contribution in [-0.2, 0) is 21.9 Å². The molecule has 0 rings (SSSR count). The number of nitrogens with one attached hydrogen (secondary N) is 1. The van der Waals surface area contributed by atoms with Crippen LogP contribution in [0.2, 0.25) is 0 Å². The fraction of sp³-hybridized carbons (Fsp3) is 0. The van der Waals surface area contributed by atoms with Crippen molar-refractivity contribution in [3.63, 3.8) is 0 Å². The fourth-order valence-electron chi connectivity index (χ4n) is 0.0393. The molecule has 1 N–H and O–H groups in total. The van der Waals surface area contributed by atoms with Crippen molar-refractivity contribution in [2.45, 2.75) is 0 Å². The van der Waals surface area contributed by atoms with Gasteiger partial charge >= 0.3 is 17.1 Å². The van der Waals surface area contributed by atoms with Gasteiger partial charge in [0.2, 0.25) is 0 Å². The van der Waals surface area contributed by atoms with Crippen molar-refractivity contribution >= 4 is 6.29 Å². The molecule has 0 radical (unpaired) electrons. The Morgan fingerprint density at radius 1 is 1.50 bits per heavy atom. The first-order chi connectivity index (χ1) is 2.41. The molecule has 0 aromatic carbocycles. The Morgan fingerprint density at radius 3 is 2.00 bits per heavy atom. The van der Waals surface area contributed by atoms with E-state index >= 15 is 0 Å². The smallest absolute Gasteiger partial charge is 0.705 e. The van der Waals surface area contributed by atoms with E-state index < -0.39 is 0 Å². The average Bonchev–Trinajstić information content (AvgIpc) is 1.41. The van der Waals surface area contributed by atoms with Crippen molar-refractivity contribution in [3.8, 4) is 0 Å². The van der Waals surface area contributed by atoms with Gasteiger partial charge in [0.25, 0.3) is 0 Å². The van der Waals surface area contributed by atoms with Crippen LogP contribution in [0.25, 0.3) is 5.73 Å². The zero-order valence-corrected chi connectivity index (χ0v) is 3.88. The number of carbonyl (C=O) groups excluding carboxylic acids is 1. The normalized spacial score (nSPS) is 7.33. The van der Waals surface area contributed by atoms with Crippen LogP contribution in [0.5, 0.6) is 0 Å². The maximum atomic E-state index is 9.20. The second-order valence-corrected chi connectivity index (χ2v) is 0.495. The first kappa shape index (κ1) is 9.21. The summed E-state index contributed by atoms with van der Waals surface area (Å²) in [4.78, 5) is 9.20. The first-order valence-electron chi connectivity index (χ1n) is 1.19. The molecule has 0 unspecified atom stereocenters. The molecular weight excluding hydrogens is 130 g/mol. The summed E-state index contributed by atoms with van der Waals surface area (Å²) < 4.78 is 0. The van der Waals surface area contributed by atoms with Crippen LogP contribution in [0.3, 0.4) is 0 Å². The van der Waals surface area contributed by atoms with Crippen molar-refractivity contribution in [2.75, 3.05) is 0 Å². The molecular formula is C3H4CuNO. The Hall–Kier alpha value is -0.271. The van der Waals surface area contributed by atoms with E-state index in [9.17, 15) is 4.79 Å². The van der Waals surface area contributed by atoms with E-state index in [1.165, 1.54) is 0 Å². The van der Waals surface area contributed by atoms with Gasteiger partial charge in [0.05, 0.1) is 0 Å². The van der Waals surface area contributed by atoms with Gasteiger partial charge < -0.3 is 5.73 Å². The van der Waals surface area contributed by atoms with E-state index in [1.54, 1.807) is 0 Å². The van der Waals surface area contributed by atoms with Crippen LogP contribution in [0, 0.1) is 0 Å². The third-order valence-corrected chi connectivity index (χ3v) is 0.175. The number of hydrogen-bond donors (Lipinski definition) is 0. The van der Waals surface area contributed by atoms with Crippen LogP contribution in [0.4, 0.5) is 0 Å². The maximum Gasteiger partial charge on any atom is 1.00 e. The van der Waals surface area contributed by atoms with Gasteiger partial charge in [-0.25, -0.2) is 0 Å². The Morgan fingerprint density at radius 2 is 2.00 bits per heavy atom. The molecule has 0 aromatic heterocycles. The molecule has 38 valence electrons. The molecule has 0 aliphatic carbocycles. The van der Waals surface area contributed by atoms with Gasteiger partial charge in [-0.1, -0.05) is 0 Å². The third kappa shape index (κ3) is 9.29. The topological polar surface area (TPSA) is 40.9 Å². The largest absolute Gasteiger partial charge is 1.00 e. The second-order valence-electron chi connectivity index (χ2n) is 0.495. The molecule has 0 heterocycles. The van der Waals surface area contributed by atoms with Crippen LogP contribution >= 0.6 is 0 Å². The van der Waals surface area contributed by atoms with Gasteiger partial charge in [-0.2, -0.15) is 6.20 Å². The summed E-state index contributed by atoms with van der Waals surface area (Å²) >= 11 is 0. The molecule has 0 fully saturated rings. The van der Waals surface area contributed by atoms with Gasteiger partial charge in [0.15, 0.2) is 0 Å². The molecule has 0 saturated heterocycles. The van der Waals surface area contributed by atoms with Gasteiger partial charge in [-0.3, -0.25) is 4.79 Å². The molecule has 2 nitrogen and oxygen atoms in total. The van der Waals surface area contributed by atoms with Crippen molar-refractivity contribution in [1.29, 1.82) is 0 Å². The summed E-state index contributed by atoms with van der Waals surface area (Å²) in [7, 11) is 0. The first-order valence-corrected chi connectivity index (χ1v) is 1.19. The molecule has 0 bridgehead atoms. The number of allylic oxidation sites excluding steroid dienone is 1. The average molecular weight is 134 g/mol. The minimum atomic E-state index is 0. The van der Waals surface area contributed by atoms with Gasteiger partial charge in [-0.05, 0) is 6.08 Å². The van der Waals surface area contributed by atoms with E-state index in [2.05, 4.69) is 0 Å². The van der Waals surface area contributed by atoms with Crippen molar-refractivity contribution in [1.82, 2.24) is 0 Å². The van der Waals surface area contributed by atoms with Crippen molar-refractivity contribution < 1.29 is 21.9 Å². The summed E-state index contributed by atoms with van der Waals surface area (Å²) in [5, 5.41) is 0. The van der Waals surface area contributed by atoms with Crippen LogP contribution in [0.1, 0.15) is 0 Å². The predicted molar refractivity (Wildman–Crippen MR) is 19.5 cm³/mol. The zero-order valence-electron chi connectivity index (χ0n) is 2.94. The summed E-state index contributed by atoms with van der Waals surface area (Å²) in [6.45, 7) is 0. The molecule has 0 spiro atoms. The molecule has 0 aromatic rings. The molecule has 0 aliphatic heterocycles. The van der Waals surface area contributed by atoms with E-state index in [0.717, 1.165) is 12.3 Å². The van der Waals surface area contributed by atoms with E-state index in [-0.39, 0.29) is 17.1 Å². The molecule has 0 amide bonds. The summed E-state index contributed by atoms with van der Waals surface area (Å²) in [6, 6.07) is 0. The van der Waals surface area contributed by atoms with Crippen LogP contribution < -0.4 is 0 Å². The summed E-state index contributed by atoms with van der Waals surface area (Å²) in [5.41, 5.74) is 6.19. The van der Waals surface area contributed by atoms with E-state index in [4.69, 9.17) is 5.73 Å². The predicted octanol–water partition coefficient (Wildman–Crippen LogP) is 0.749. The minimum Gasteiger partial charge on any atom is -0.705 e. The second kappa shape index (κ2) is 8.83. The van der Waals surface area contributed by atoms with Crippen molar-refractivity contribution in [3.05, 3.63) is 18.0 Å². The monoisotopic (exact) mass is 133 g/mol. The molecule has 6 heavy (non-hydrogen) atoms. The molecule has 0 aliphatic rings. The van der Waals surface area contributed by atoms with Gasteiger partial charge in [0, 0.05) is 0 Å². The quantitative estimate of drug-likeness (QED) is 0.296. The zero-order chi connectivity index (χ0) is 4.12. The summed E-state index contributed by atoms with van der Waals surface area (Å²) in [5.74, 6) is 0. The van der Waals surface area contributed by atoms with Crippen LogP contribution in [-0.4, -0.2) is 6.29 Å². The van der Waals surface area contributed by atoms with Gasteiger partial charge in [-0.15, -0.1) is 0 Å². The molecule has 0 saturated carbocycles. The maximum absolute atomic E-state index is 9.20. The minimum absolute atomic E-state index is 0. The fourth-order valence-corrected chi connectivity index (χ4v) is 0.0393. The Balaban J connectivity index is 0. The third-order valence-electron chi connectivity index (χ3n) is 0.175. The Labute approximate surface area is 46.9 Å².